The van der Waals surface area contributed by atoms with Gasteiger partial charge in [-0.3, -0.25) is 4.18 Å². The normalized spacial score (nSPS) is 22.3. The fraction of sp³-hybridized carbons (Fsp3) is 0.684. The molecule has 0 unspecified atom stereocenters. The van der Waals surface area contributed by atoms with E-state index in [1.165, 1.54) is 32.1 Å². The number of alkyl halides is 1. The number of aryl methyl sites for hydroxylation is 1. The van der Waals surface area contributed by atoms with Crippen LogP contribution >= 0.6 is 15.9 Å². The average molecular weight is 433 g/mol. The molecule has 0 spiro atoms. The number of hydrogen-bond donors (Lipinski definition) is 0. The van der Waals surface area contributed by atoms with Crippen LogP contribution in [0.1, 0.15) is 56.9 Å². The molecular formula is C19H29BrO4S. The third-order valence-electron chi connectivity index (χ3n) is 4.54. The third-order valence-corrected chi connectivity index (χ3v) is 6.91. The van der Waals surface area contributed by atoms with Crippen molar-refractivity contribution in [3.63, 3.8) is 0 Å². The zero-order chi connectivity index (χ0) is 18.1. The Hall–Kier alpha value is -0.430. The molecule has 142 valence electrons. The summed E-state index contributed by atoms with van der Waals surface area (Å²) in [5.41, 5.74) is 1.02. The Morgan fingerprint density at radius 3 is 2.36 bits per heavy atom. The van der Waals surface area contributed by atoms with E-state index in [2.05, 4.69) is 15.9 Å². The molecule has 2 rings (SSSR count). The molecule has 1 fully saturated rings. The van der Waals surface area contributed by atoms with Gasteiger partial charge in [-0.2, -0.15) is 8.42 Å². The molecule has 4 nitrogen and oxygen atoms in total. The highest BCUT2D eigenvalue weighted by Gasteiger charge is 2.20. The van der Waals surface area contributed by atoms with Crippen molar-refractivity contribution < 1.29 is 17.3 Å². The van der Waals surface area contributed by atoms with Gasteiger partial charge in [0.25, 0.3) is 10.1 Å². The van der Waals surface area contributed by atoms with Crippen LogP contribution in [0.15, 0.2) is 29.2 Å². The quantitative estimate of drug-likeness (QED) is 0.330. The van der Waals surface area contributed by atoms with Gasteiger partial charge >= 0.3 is 0 Å². The van der Waals surface area contributed by atoms with Crippen LogP contribution in [0.25, 0.3) is 0 Å². The van der Waals surface area contributed by atoms with E-state index in [-0.39, 0.29) is 17.6 Å². The molecule has 1 aliphatic rings. The molecule has 0 heterocycles. The maximum atomic E-state index is 12.1. The Morgan fingerprint density at radius 1 is 1.00 bits per heavy atom. The minimum absolute atomic E-state index is 0.196. The molecule has 2 atom stereocenters. The Kier molecular flexibility index (Phi) is 8.90. The Bertz CT molecular complexity index is 600. The highest BCUT2D eigenvalue weighted by Crippen LogP contribution is 2.25. The smallest absolute Gasteiger partial charge is 0.296 e. The van der Waals surface area contributed by atoms with Crippen LogP contribution < -0.4 is 0 Å². The first-order valence-electron chi connectivity index (χ1n) is 9.21. The summed E-state index contributed by atoms with van der Waals surface area (Å²) in [5, 5.41) is 0. The van der Waals surface area contributed by atoms with Gasteiger partial charge in [-0.05, 0) is 44.7 Å². The average Bonchev–Trinajstić information content (AvgIpc) is 2.57. The van der Waals surface area contributed by atoms with Crippen LogP contribution in [-0.4, -0.2) is 32.6 Å². The first kappa shape index (κ1) is 20.9. The molecule has 1 aromatic rings. The second-order valence-electron chi connectivity index (χ2n) is 6.71. The van der Waals surface area contributed by atoms with Gasteiger partial charge in [0.2, 0.25) is 0 Å². The molecule has 0 radical (unpaired) electrons. The number of halogens is 1. The number of rotatable bonds is 8. The molecule has 0 bridgehead atoms. The summed E-state index contributed by atoms with van der Waals surface area (Å²) in [6.07, 6.45) is 9.13. The molecule has 1 aromatic carbocycles. The zero-order valence-corrected chi connectivity index (χ0v) is 17.4. The van der Waals surface area contributed by atoms with Gasteiger partial charge in [-0.25, -0.2) is 0 Å². The summed E-state index contributed by atoms with van der Waals surface area (Å²) in [5.74, 6) is 0. The van der Waals surface area contributed by atoms with Gasteiger partial charge in [0.15, 0.2) is 0 Å². The summed E-state index contributed by atoms with van der Waals surface area (Å²) < 4.78 is 35.3. The maximum absolute atomic E-state index is 12.1. The van der Waals surface area contributed by atoms with E-state index in [4.69, 9.17) is 8.92 Å². The Balaban J connectivity index is 1.64. The Labute approximate surface area is 160 Å². The van der Waals surface area contributed by atoms with Crippen LogP contribution in [0.3, 0.4) is 0 Å². The molecular weight excluding hydrogens is 404 g/mol. The van der Waals surface area contributed by atoms with E-state index in [0.29, 0.717) is 17.9 Å². The monoisotopic (exact) mass is 432 g/mol. The predicted octanol–water partition coefficient (Wildman–Crippen LogP) is 4.98. The second-order valence-corrected chi connectivity index (χ2v) is 9.50. The molecule has 6 heteroatoms. The van der Waals surface area contributed by atoms with Gasteiger partial charge in [-0.15, -0.1) is 0 Å². The summed E-state index contributed by atoms with van der Waals surface area (Å²) in [7, 11) is -3.65. The summed E-state index contributed by atoms with van der Waals surface area (Å²) >= 11 is 3.75. The molecule has 0 N–H and O–H groups in total. The van der Waals surface area contributed by atoms with E-state index in [1.807, 2.05) is 6.92 Å². The number of ether oxygens (including phenoxy) is 1. The van der Waals surface area contributed by atoms with E-state index >= 15 is 0 Å². The highest BCUT2D eigenvalue weighted by molar-refractivity contribution is 9.09. The molecule has 0 aromatic heterocycles. The summed E-state index contributed by atoms with van der Waals surface area (Å²) in [6, 6.07) is 6.71. The van der Waals surface area contributed by atoms with Crippen molar-refractivity contribution in [1.82, 2.24) is 0 Å². The van der Waals surface area contributed by atoms with Crippen LogP contribution in [0.5, 0.6) is 0 Å². The van der Waals surface area contributed by atoms with E-state index in [9.17, 15) is 8.42 Å². The van der Waals surface area contributed by atoms with E-state index in [0.717, 1.165) is 18.4 Å². The molecule has 1 saturated carbocycles. The van der Waals surface area contributed by atoms with Crippen molar-refractivity contribution in [2.24, 2.45) is 0 Å². The minimum atomic E-state index is -3.65. The predicted molar refractivity (Wildman–Crippen MR) is 104 cm³/mol. The fourth-order valence-electron chi connectivity index (χ4n) is 2.97. The van der Waals surface area contributed by atoms with Crippen LogP contribution in [0.2, 0.25) is 0 Å². The van der Waals surface area contributed by atoms with Gasteiger partial charge in [0.05, 0.1) is 17.6 Å². The van der Waals surface area contributed by atoms with Gasteiger partial charge < -0.3 is 4.74 Å². The third kappa shape index (κ3) is 7.37. The van der Waals surface area contributed by atoms with Crippen LogP contribution in [0.4, 0.5) is 0 Å². The highest BCUT2D eigenvalue weighted by atomic mass is 79.9. The van der Waals surface area contributed by atoms with E-state index < -0.39 is 10.1 Å². The molecule has 0 saturated heterocycles. The summed E-state index contributed by atoms with van der Waals surface area (Å²) in [4.78, 5) is 0.650. The van der Waals surface area contributed by atoms with Gasteiger partial charge in [0, 0.05) is 11.4 Å². The lowest BCUT2D eigenvalue weighted by Crippen LogP contribution is -2.26. The topological polar surface area (TPSA) is 52.6 Å². The first-order chi connectivity index (χ1) is 12.0. The second kappa shape index (κ2) is 10.7. The van der Waals surface area contributed by atoms with E-state index in [1.54, 1.807) is 24.3 Å². The lowest BCUT2D eigenvalue weighted by atomic mass is 9.98. The standard InChI is InChI=1S/C19H29BrO4S/c1-16-10-12-17(13-11-16)25(21,22)24-15-7-6-14-23-19-9-5-3-2-4-8-18(19)20/h10-13,18-19H,2-9,14-15H2,1H3/t18-,19-/m1/s1. The van der Waals surface area contributed by atoms with Gasteiger partial charge in [-0.1, -0.05) is 59.3 Å². The van der Waals surface area contributed by atoms with Crippen molar-refractivity contribution in [2.75, 3.05) is 13.2 Å². The fourth-order valence-corrected chi connectivity index (χ4v) is 4.66. The molecule has 1 aliphatic carbocycles. The van der Waals surface area contributed by atoms with Crippen LogP contribution in [-0.2, 0) is 19.0 Å². The Morgan fingerprint density at radius 2 is 1.64 bits per heavy atom. The molecule has 0 aliphatic heterocycles. The van der Waals surface area contributed by atoms with Crippen molar-refractivity contribution >= 4 is 26.0 Å². The van der Waals surface area contributed by atoms with Crippen molar-refractivity contribution in [1.29, 1.82) is 0 Å². The first-order valence-corrected chi connectivity index (χ1v) is 11.5. The summed E-state index contributed by atoms with van der Waals surface area (Å²) in [6.45, 7) is 2.77. The molecule has 0 amide bonds. The van der Waals surface area contributed by atoms with Crippen molar-refractivity contribution in [3.8, 4) is 0 Å². The molecule has 25 heavy (non-hydrogen) atoms. The largest absolute Gasteiger partial charge is 0.377 e. The number of unbranched alkanes of at least 4 members (excludes halogenated alkanes) is 1. The maximum Gasteiger partial charge on any atom is 0.296 e. The van der Waals surface area contributed by atoms with Crippen molar-refractivity contribution in [2.45, 2.75) is 74.1 Å². The SMILES string of the molecule is Cc1ccc(S(=O)(=O)OCCCCO[C@@H]2CCCCCC[C@H]2Br)cc1. The minimum Gasteiger partial charge on any atom is -0.377 e. The van der Waals surface area contributed by atoms with Crippen LogP contribution in [0, 0.1) is 6.92 Å². The van der Waals surface area contributed by atoms with Crippen molar-refractivity contribution in [3.05, 3.63) is 29.8 Å². The lowest BCUT2D eigenvalue weighted by molar-refractivity contribution is 0.0376. The zero-order valence-electron chi connectivity index (χ0n) is 15.0. The van der Waals surface area contributed by atoms with Gasteiger partial charge in [0.1, 0.15) is 0 Å². The number of benzene rings is 1. The number of hydrogen-bond acceptors (Lipinski definition) is 4. The lowest BCUT2D eigenvalue weighted by Gasteiger charge is -2.25.